The molecule has 3 rings (SSSR count). The first-order valence-electron chi connectivity index (χ1n) is 7.91. The van der Waals surface area contributed by atoms with E-state index in [1.807, 2.05) is 11.7 Å². The molecule has 0 bridgehead atoms. The molecule has 1 saturated carbocycles. The van der Waals surface area contributed by atoms with Crippen molar-refractivity contribution in [2.45, 2.75) is 45.1 Å². The molecule has 0 spiro atoms. The summed E-state index contributed by atoms with van der Waals surface area (Å²) in [6.07, 6.45) is 3.72. The summed E-state index contributed by atoms with van der Waals surface area (Å²) < 4.78 is 2.02. The van der Waals surface area contributed by atoms with Gasteiger partial charge in [0.2, 0.25) is 0 Å². The van der Waals surface area contributed by atoms with E-state index >= 15 is 0 Å². The minimum atomic E-state index is 0.514. The first kappa shape index (κ1) is 14.3. The summed E-state index contributed by atoms with van der Waals surface area (Å²) in [6.45, 7) is 5.29. The van der Waals surface area contributed by atoms with E-state index in [-0.39, 0.29) is 0 Å². The molecule has 0 amide bonds. The van der Waals surface area contributed by atoms with Gasteiger partial charge in [0.25, 0.3) is 0 Å². The molecule has 1 atom stereocenters. The average Bonchev–Trinajstić information content (AvgIpc) is 3.20. The number of rotatable bonds is 6. The first-order valence-corrected chi connectivity index (χ1v) is 7.91. The zero-order valence-corrected chi connectivity index (χ0v) is 13.3. The molecular weight excluding hydrogens is 258 g/mol. The SMILES string of the molecule is Cc1cccc(C(CNC2CC2)Cc2cc(C)nn2C)c1. The van der Waals surface area contributed by atoms with Gasteiger partial charge in [-0.2, -0.15) is 5.10 Å². The molecule has 0 radical (unpaired) electrons. The molecule has 1 N–H and O–H groups in total. The highest BCUT2D eigenvalue weighted by Crippen LogP contribution is 2.24. The third-order valence-corrected chi connectivity index (χ3v) is 4.30. The van der Waals surface area contributed by atoms with Gasteiger partial charge < -0.3 is 5.32 Å². The molecule has 1 fully saturated rings. The largest absolute Gasteiger partial charge is 0.313 e. The predicted molar refractivity (Wildman–Crippen MR) is 86.6 cm³/mol. The fourth-order valence-electron chi connectivity index (χ4n) is 2.94. The summed E-state index contributed by atoms with van der Waals surface area (Å²) in [4.78, 5) is 0. The molecule has 1 unspecified atom stereocenters. The summed E-state index contributed by atoms with van der Waals surface area (Å²) in [5, 5.41) is 8.17. The van der Waals surface area contributed by atoms with E-state index in [1.54, 1.807) is 0 Å². The Morgan fingerprint density at radius 3 is 2.71 bits per heavy atom. The van der Waals surface area contributed by atoms with E-state index in [4.69, 9.17) is 0 Å². The molecule has 112 valence electrons. The smallest absolute Gasteiger partial charge is 0.0596 e. The second-order valence-corrected chi connectivity index (χ2v) is 6.40. The monoisotopic (exact) mass is 283 g/mol. The van der Waals surface area contributed by atoms with Crippen molar-refractivity contribution in [3.63, 3.8) is 0 Å². The number of nitrogens with one attached hydrogen (secondary N) is 1. The van der Waals surface area contributed by atoms with Crippen LogP contribution < -0.4 is 5.32 Å². The van der Waals surface area contributed by atoms with Crippen LogP contribution in [0.2, 0.25) is 0 Å². The van der Waals surface area contributed by atoms with Crippen LogP contribution in [0, 0.1) is 13.8 Å². The van der Waals surface area contributed by atoms with Crippen LogP contribution in [-0.4, -0.2) is 22.4 Å². The maximum atomic E-state index is 4.48. The van der Waals surface area contributed by atoms with Crippen molar-refractivity contribution in [2.75, 3.05) is 6.54 Å². The normalized spacial score (nSPS) is 16.1. The summed E-state index contributed by atoms with van der Waals surface area (Å²) in [5.74, 6) is 0.514. The van der Waals surface area contributed by atoms with Crippen molar-refractivity contribution in [1.29, 1.82) is 0 Å². The van der Waals surface area contributed by atoms with Crippen molar-refractivity contribution in [2.24, 2.45) is 7.05 Å². The number of benzene rings is 1. The van der Waals surface area contributed by atoms with Gasteiger partial charge in [-0.25, -0.2) is 0 Å². The van der Waals surface area contributed by atoms with Crippen LogP contribution in [0.15, 0.2) is 30.3 Å². The van der Waals surface area contributed by atoms with Crippen molar-refractivity contribution in [3.8, 4) is 0 Å². The maximum Gasteiger partial charge on any atom is 0.0596 e. The van der Waals surface area contributed by atoms with Gasteiger partial charge in [-0.3, -0.25) is 4.68 Å². The minimum Gasteiger partial charge on any atom is -0.313 e. The van der Waals surface area contributed by atoms with Crippen LogP contribution >= 0.6 is 0 Å². The molecule has 2 aromatic rings. The topological polar surface area (TPSA) is 29.9 Å². The highest BCUT2D eigenvalue weighted by atomic mass is 15.3. The Morgan fingerprint density at radius 2 is 2.10 bits per heavy atom. The molecule has 3 heteroatoms. The van der Waals surface area contributed by atoms with E-state index in [1.165, 1.54) is 29.7 Å². The molecule has 1 aliphatic rings. The van der Waals surface area contributed by atoms with Gasteiger partial charge in [0, 0.05) is 31.2 Å². The van der Waals surface area contributed by atoms with Crippen molar-refractivity contribution in [3.05, 3.63) is 52.8 Å². The van der Waals surface area contributed by atoms with Crippen LogP contribution in [-0.2, 0) is 13.5 Å². The van der Waals surface area contributed by atoms with Gasteiger partial charge in [-0.15, -0.1) is 0 Å². The fraction of sp³-hybridized carbons (Fsp3) is 0.500. The van der Waals surface area contributed by atoms with E-state index < -0.39 is 0 Å². The standard InChI is InChI=1S/C18H25N3/c1-13-5-4-6-15(9-13)16(12-19-17-7-8-17)11-18-10-14(2)20-21(18)3/h4-6,9-10,16-17,19H,7-8,11-12H2,1-3H3. The summed E-state index contributed by atoms with van der Waals surface area (Å²) in [5.41, 5.74) is 5.19. The van der Waals surface area contributed by atoms with Gasteiger partial charge in [-0.1, -0.05) is 29.8 Å². The molecule has 0 saturated heterocycles. The Balaban J connectivity index is 1.79. The lowest BCUT2D eigenvalue weighted by Crippen LogP contribution is -2.25. The molecule has 3 nitrogen and oxygen atoms in total. The van der Waals surface area contributed by atoms with Crippen molar-refractivity contribution >= 4 is 0 Å². The Hall–Kier alpha value is -1.61. The predicted octanol–water partition coefficient (Wildman–Crippen LogP) is 3.12. The third kappa shape index (κ3) is 3.73. The number of hydrogen-bond donors (Lipinski definition) is 1. The van der Waals surface area contributed by atoms with Crippen molar-refractivity contribution in [1.82, 2.24) is 15.1 Å². The van der Waals surface area contributed by atoms with Crippen LogP contribution in [0.3, 0.4) is 0 Å². The third-order valence-electron chi connectivity index (χ3n) is 4.30. The van der Waals surface area contributed by atoms with E-state index in [9.17, 15) is 0 Å². The maximum absolute atomic E-state index is 4.48. The van der Waals surface area contributed by atoms with Crippen LogP contribution in [0.1, 0.15) is 41.3 Å². The Bertz CT molecular complexity index is 611. The zero-order chi connectivity index (χ0) is 14.8. The second kappa shape index (κ2) is 6.02. The number of aryl methyl sites for hydroxylation is 3. The lowest BCUT2D eigenvalue weighted by molar-refractivity contribution is 0.557. The molecule has 0 aliphatic heterocycles. The van der Waals surface area contributed by atoms with Crippen LogP contribution in [0.5, 0.6) is 0 Å². The lowest BCUT2D eigenvalue weighted by atomic mass is 9.92. The average molecular weight is 283 g/mol. The van der Waals surface area contributed by atoms with Gasteiger partial charge in [0.15, 0.2) is 0 Å². The number of hydrogen-bond acceptors (Lipinski definition) is 2. The fourth-order valence-corrected chi connectivity index (χ4v) is 2.94. The summed E-state index contributed by atoms with van der Waals surface area (Å²) in [6, 6.07) is 11.9. The Kier molecular flexibility index (Phi) is 4.11. The van der Waals surface area contributed by atoms with Gasteiger partial charge >= 0.3 is 0 Å². The van der Waals surface area contributed by atoms with Gasteiger partial charge in [0.05, 0.1) is 5.69 Å². The van der Waals surface area contributed by atoms with E-state index in [0.717, 1.165) is 24.7 Å². The van der Waals surface area contributed by atoms with Crippen LogP contribution in [0.4, 0.5) is 0 Å². The molecule has 1 aromatic carbocycles. The first-order chi connectivity index (χ1) is 10.1. The molecule has 1 aliphatic carbocycles. The molecule has 1 aromatic heterocycles. The van der Waals surface area contributed by atoms with Gasteiger partial charge in [-0.05, 0) is 44.7 Å². The molecule has 21 heavy (non-hydrogen) atoms. The van der Waals surface area contributed by atoms with E-state index in [0.29, 0.717) is 5.92 Å². The molecule has 1 heterocycles. The summed E-state index contributed by atoms with van der Waals surface area (Å²) >= 11 is 0. The quantitative estimate of drug-likeness (QED) is 0.883. The van der Waals surface area contributed by atoms with Crippen molar-refractivity contribution < 1.29 is 0 Å². The highest BCUT2D eigenvalue weighted by Gasteiger charge is 2.23. The molecular formula is C18H25N3. The van der Waals surface area contributed by atoms with E-state index in [2.05, 4.69) is 54.6 Å². The Morgan fingerprint density at radius 1 is 1.29 bits per heavy atom. The zero-order valence-electron chi connectivity index (χ0n) is 13.3. The number of nitrogens with zero attached hydrogens (tertiary/aromatic N) is 2. The highest BCUT2D eigenvalue weighted by molar-refractivity contribution is 5.27. The number of aromatic nitrogens is 2. The van der Waals surface area contributed by atoms with Gasteiger partial charge in [0.1, 0.15) is 0 Å². The summed E-state index contributed by atoms with van der Waals surface area (Å²) in [7, 11) is 2.05. The minimum absolute atomic E-state index is 0.514. The Labute approximate surface area is 127 Å². The second-order valence-electron chi connectivity index (χ2n) is 6.40. The lowest BCUT2D eigenvalue weighted by Gasteiger charge is -2.19. The van der Waals surface area contributed by atoms with Crippen LogP contribution in [0.25, 0.3) is 0 Å².